The lowest BCUT2D eigenvalue weighted by atomic mass is 9.85. The fraction of sp³-hybridized carbons (Fsp3) is 0.370. The van der Waals surface area contributed by atoms with E-state index < -0.39 is 5.92 Å². The number of aryl methyl sites for hydroxylation is 2. The number of fused-ring (bicyclic) bond motifs is 1. The number of methoxy groups -OCH3 is 1. The molecule has 0 saturated carbocycles. The van der Waals surface area contributed by atoms with Gasteiger partial charge in [-0.2, -0.15) is 5.10 Å². The number of ketones is 1. The Hall–Kier alpha value is -3.61. The van der Waals surface area contributed by atoms with Gasteiger partial charge in [-0.1, -0.05) is 25.5 Å². The van der Waals surface area contributed by atoms with Crippen molar-refractivity contribution in [2.45, 2.75) is 52.9 Å². The van der Waals surface area contributed by atoms with Crippen LogP contribution in [0, 0.1) is 20.8 Å². The van der Waals surface area contributed by atoms with Crippen LogP contribution in [0.4, 0.5) is 5.82 Å². The zero-order valence-corrected chi connectivity index (χ0v) is 20.4. The summed E-state index contributed by atoms with van der Waals surface area (Å²) in [5.41, 5.74) is 5.03. The van der Waals surface area contributed by atoms with Gasteiger partial charge in [-0.15, -0.1) is 0 Å². The summed E-state index contributed by atoms with van der Waals surface area (Å²) < 4.78 is 13.0. The zero-order valence-electron chi connectivity index (χ0n) is 20.4. The number of aromatic nitrogens is 2. The first-order valence-corrected chi connectivity index (χ1v) is 11.7. The van der Waals surface area contributed by atoms with Crippen molar-refractivity contribution in [2.75, 3.05) is 19.0 Å². The van der Waals surface area contributed by atoms with Crippen molar-refractivity contribution in [1.29, 1.82) is 0 Å². The second-order valence-corrected chi connectivity index (χ2v) is 8.72. The molecule has 0 aliphatic carbocycles. The maximum Gasteiger partial charge on any atom is 0.226 e. The summed E-state index contributed by atoms with van der Waals surface area (Å²) in [5.74, 6) is 0.701. The third-order valence-electron chi connectivity index (χ3n) is 6.43. The van der Waals surface area contributed by atoms with Gasteiger partial charge in [0.1, 0.15) is 5.82 Å². The molecule has 1 N–H and O–H groups in total. The molecule has 0 radical (unpaired) electrons. The molecule has 0 fully saturated rings. The minimum Gasteiger partial charge on any atom is -0.493 e. The second-order valence-electron chi connectivity index (χ2n) is 8.72. The van der Waals surface area contributed by atoms with E-state index in [9.17, 15) is 9.59 Å². The number of unbranched alkanes of at least 4 members (excludes halogenated alkanes) is 1. The van der Waals surface area contributed by atoms with Crippen molar-refractivity contribution in [3.05, 3.63) is 64.3 Å². The third-order valence-corrected chi connectivity index (χ3v) is 6.43. The van der Waals surface area contributed by atoms with E-state index in [-0.39, 0.29) is 18.1 Å². The van der Waals surface area contributed by atoms with Gasteiger partial charge >= 0.3 is 0 Å². The predicted octanol–water partition coefficient (Wildman–Crippen LogP) is 5.29. The number of benzene rings is 2. The lowest BCUT2D eigenvalue weighted by Gasteiger charge is -2.24. The van der Waals surface area contributed by atoms with E-state index in [2.05, 4.69) is 12.2 Å². The number of nitrogens with zero attached hydrogens (tertiary/aromatic N) is 2. The highest BCUT2D eigenvalue weighted by atomic mass is 16.5. The molecule has 1 atom stereocenters. The van der Waals surface area contributed by atoms with Crippen LogP contribution in [-0.2, 0) is 4.79 Å². The van der Waals surface area contributed by atoms with Gasteiger partial charge in [0, 0.05) is 17.5 Å². The van der Waals surface area contributed by atoms with Crippen LogP contribution in [0.5, 0.6) is 11.5 Å². The quantitative estimate of drug-likeness (QED) is 0.364. The van der Waals surface area contributed by atoms with Crippen molar-refractivity contribution in [1.82, 2.24) is 9.78 Å². The lowest BCUT2D eigenvalue weighted by Crippen LogP contribution is -2.28. The monoisotopic (exact) mass is 461 g/mol. The van der Waals surface area contributed by atoms with Crippen molar-refractivity contribution < 1.29 is 19.1 Å². The van der Waals surface area contributed by atoms with Gasteiger partial charge in [-0.25, -0.2) is 4.68 Å². The Kier molecular flexibility index (Phi) is 6.72. The molecule has 0 spiro atoms. The summed E-state index contributed by atoms with van der Waals surface area (Å²) >= 11 is 0. The fourth-order valence-corrected chi connectivity index (χ4v) is 4.38. The molecule has 4 rings (SSSR count). The van der Waals surface area contributed by atoms with Crippen LogP contribution < -0.4 is 14.8 Å². The van der Waals surface area contributed by atoms with E-state index in [4.69, 9.17) is 14.6 Å². The van der Waals surface area contributed by atoms with Crippen molar-refractivity contribution in [2.24, 2.45) is 0 Å². The third kappa shape index (κ3) is 4.30. The van der Waals surface area contributed by atoms with Gasteiger partial charge in [0.25, 0.3) is 0 Å². The molecule has 0 saturated heterocycles. The van der Waals surface area contributed by atoms with Crippen molar-refractivity contribution in [3.8, 4) is 17.2 Å². The Morgan fingerprint density at radius 3 is 2.71 bits per heavy atom. The number of carbonyl (C=O) groups excluding carboxylic acids is 2. The van der Waals surface area contributed by atoms with Gasteiger partial charge < -0.3 is 14.8 Å². The second kappa shape index (κ2) is 9.71. The van der Waals surface area contributed by atoms with Crippen LogP contribution in [0.2, 0.25) is 0 Å². The van der Waals surface area contributed by atoms with Crippen LogP contribution in [0.1, 0.15) is 64.8 Å². The largest absolute Gasteiger partial charge is 0.493 e. The first-order chi connectivity index (χ1) is 16.3. The molecule has 1 aromatic heterocycles. The average molecular weight is 462 g/mol. The number of nitrogens with one attached hydrogen (secondary N) is 1. The Morgan fingerprint density at radius 1 is 1.18 bits per heavy atom. The minimum absolute atomic E-state index is 0.0717. The first-order valence-electron chi connectivity index (χ1n) is 11.7. The number of ether oxygens (including phenoxy) is 2. The maximum atomic E-state index is 13.7. The first kappa shape index (κ1) is 23.5. The molecule has 1 unspecified atom stereocenters. The summed E-state index contributed by atoms with van der Waals surface area (Å²) in [4.78, 5) is 26.3. The molecule has 1 amide bonds. The van der Waals surface area contributed by atoms with Crippen LogP contribution in [0.15, 0.2) is 36.4 Å². The number of amides is 1. The fourth-order valence-electron chi connectivity index (χ4n) is 4.38. The standard InChI is InChI=1S/C27H31N3O4/c1-6-7-13-34-22-12-11-19(14-23(22)33-5)26(32)20-15-24(31)28-27-25(20)18(4)29-30(27)21-10-8-9-16(2)17(21)3/h8-12,14,20H,6-7,13,15H2,1-5H3,(H,28,31). The molecular weight excluding hydrogens is 430 g/mol. The van der Waals surface area contributed by atoms with E-state index >= 15 is 0 Å². The molecule has 1 aliphatic rings. The number of hydrogen-bond donors (Lipinski definition) is 1. The number of anilines is 1. The van der Waals surface area contributed by atoms with E-state index in [1.165, 1.54) is 0 Å². The smallest absolute Gasteiger partial charge is 0.226 e. The number of hydrogen-bond acceptors (Lipinski definition) is 5. The van der Waals surface area contributed by atoms with Gasteiger partial charge in [0.15, 0.2) is 17.3 Å². The minimum atomic E-state index is -0.626. The lowest BCUT2D eigenvalue weighted by molar-refractivity contribution is -0.116. The van der Waals surface area contributed by atoms with Gasteiger partial charge in [-0.3, -0.25) is 9.59 Å². The highest BCUT2D eigenvalue weighted by molar-refractivity contribution is 6.08. The maximum absolute atomic E-state index is 13.7. The van der Waals surface area contributed by atoms with Crippen LogP contribution in [0.3, 0.4) is 0 Å². The van der Waals surface area contributed by atoms with Gasteiger partial charge in [-0.05, 0) is 62.6 Å². The molecule has 178 valence electrons. The summed E-state index contributed by atoms with van der Waals surface area (Å²) in [5, 5.41) is 7.68. The SMILES string of the molecule is CCCCOc1ccc(C(=O)C2CC(=O)Nc3c2c(C)nn3-c2cccc(C)c2C)cc1OC. The molecule has 7 heteroatoms. The van der Waals surface area contributed by atoms with E-state index in [1.807, 2.05) is 39.0 Å². The van der Waals surface area contributed by atoms with E-state index in [1.54, 1.807) is 30.0 Å². The Bertz CT molecular complexity index is 1240. The van der Waals surface area contributed by atoms with E-state index in [0.29, 0.717) is 29.5 Å². The predicted molar refractivity (Wildman–Crippen MR) is 131 cm³/mol. The molecule has 2 aromatic carbocycles. The van der Waals surface area contributed by atoms with Crippen LogP contribution >= 0.6 is 0 Å². The highest BCUT2D eigenvalue weighted by Gasteiger charge is 2.36. The van der Waals surface area contributed by atoms with Crippen molar-refractivity contribution in [3.63, 3.8) is 0 Å². The number of carbonyl (C=O) groups is 2. The number of Topliss-reactive ketones (excluding diaryl/α,β-unsaturated/α-hetero) is 1. The zero-order chi connectivity index (χ0) is 24.4. The number of rotatable bonds is 8. The summed E-state index contributed by atoms with van der Waals surface area (Å²) in [6, 6.07) is 11.2. The Morgan fingerprint density at radius 2 is 1.97 bits per heavy atom. The van der Waals surface area contributed by atoms with Crippen molar-refractivity contribution >= 4 is 17.5 Å². The summed E-state index contributed by atoms with van der Waals surface area (Å²) in [7, 11) is 1.56. The molecular formula is C27H31N3O4. The summed E-state index contributed by atoms with van der Waals surface area (Å²) in [6.07, 6.45) is 2.04. The Labute approximate surface area is 200 Å². The molecule has 0 bridgehead atoms. The van der Waals surface area contributed by atoms with Gasteiger partial charge in [0.2, 0.25) is 5.91 Å². The van der Waals surface area contributed by atoms with Crippen LogP contribution in [-0.4, -0.2) is 35.2 Å². The Balaban J connectivity index is 1.72. The van der Waals surface area contributed by atoms with Crippen LogP contribution in [0.25, 0.3) is 5.69 Å². The molecule has 2 heterocycles. The molecule has 34 heavy (non-hydrogen) atoms. The topological polar surface area (TPSA) is 82.5 Å². The molecule has 1 aliphatic heterocycles. The average Bonchev–Trinajstić information content (AvgIpc) is 3.15. The van der Waals surface area contributed by atoms with E-state index in [0.717, 1.165) is 40.9 Å². The summed E-state index contributed by atoms with van der Waals surface area (Å²) in [6.45, 7) is 8.63. The van der Waals surface area contributed by atoms with Gasteiger partial charge in [0.05, 0.1) is 31.0 Å². The highest BCUT2D eigenvalue weighted by Crippen LogP contribution is 2.40. The molecule has 7 nitrogen and oxygen atoms in total. The molecule has 3 aromatic rings. The normalized spacial score (nSPS) is 15.0.